The van der Waals surface area contributed by atoms with E-state index in [1.165, 1.54) is 0 Å². The Kier molecular flexibility index (Phi) is 80.5. The Bertz CT molecular complexity index is 27.9. The fourth-order valence-corrected chi connectivity index (χ4v) is 0. The van der Waals surface area contributed by atoms with Gasteiger partial charge in [0.1, 0.15) is 0 Å². The van der Waals surface area contributed by atoms with Gasteiger partial charge in [-0.05, 0) is 0 Å². The molecule has 3 nitrogen and oxygen atoms in total. The molecule has 0 rings (SSSR count). The van der Waals surface area contributed by atoms with E-state index in [0.717, 1.165) is 0 Å². The number of rotatable bonds is 0. The molecule has 0 atom stereocenters. The summed E-state index contributed by atoms with van der Waals surface area (Å²) in [6.07, 6.45) is 0. The molecule has 0 N–H and O–H groups in total. The van der Waals surface area contributed by atoms with E-state index in [9.17, 15) is 0 Å². The molecule has 0 heterocycles. The van der Waals surface area contributed by atoms with Gasteiger partial charge in [0, 0.05) is 0 Å². The van der Waals surface area contributed by atoms with Crippen LogP contribution >= 0.6 is 0 Å². The first-order chi connectivity index (χ1) is 1.41. The molecule has 5 heteroatoms. The standard InChI is InChI=1S/Fe.GeO2.O/c;2-1-3;/q+2;;-2. The van der Waals surface area contributed by atoms with Crippen LogP contribution in [-0.2, 0) is 30.1 Å². The minimum absolute atomic E-state index is 0. The predicted molar refractivity (Wildman–Crippen MR) is 7.81 cm³/mol. The molecule has 0 aromatic rings. The summed E-state index contributed by atoms with van der Waals surface area (Å²) >= 11 is -2.00. The monoisotopic (exact) mass is 178 g/mol. The van der Waals surface area contributed by atoms with Crippen LogP contribution in [0.5, 0.6) is 0 Å². The average molecular weight is 176 g/mol. The maximum atomic E-state index is 8.50. The first-order valence-corrected chi connectivity index (χ1v) is 2.12. The molecule has 0 aliphatic carbocycles. The SMILES string of the molecule is [Fe+2].[O-2].[O]=[Ge]=[O]. The summed E-state index contributed by atoms with van der Waals surface area (Å²) in [5.74, 6) is 0. The van der Waals surface area contributed by atoms with Crippen molar-refractivity contribution in [1.82, 2.24) is 0 Å². The molecule has 30 valence electrons. The molecule has 0 saturated heterocycles. The van der Waals surface area contributed by atoms with E-state index in [1.54, 1.807) is 0 Å². The van der Waals surface area contributed by atoms with Crippen molar-refractivity contribution in [3.05, 3.63) is 0 Å². The summed E-state index contributed by atoms with van der Waals surface area (Å²) in [4.78, 5) is 0. The van der Waals surface area contributed by atoms with Crippen molar-refractivity contribution < 1.29 is 30.1 Å². The Morgan fingerprint density at radius 1 is 1.20 bits per heavy atom. The van der Waals surface area contributed by atoms with Crippen LogP contribution < -0.4 is 0 Å². The summed E-state index contributed by atoms with van der Waals surface area (Å²) in [5.41, 5.74) is 0. The van der Waals surface area contributed by atoms with Gasteiger partial charge in [-0.15, -0.1) is 0 Å². The third kappa shape index (κ3) is 82.1. The molecular weight excluding hydrogens is 176 g/mol. The Morgan fingerprint density at radius 2 is 1.20 bits per heavy atom. The Hall–Kier alpha value is 0.622. The summed E-state index contributed by atoms with van der Waals surface area (Å²) < 4.78 is 17.0. The molecule has 0 amide bonds. The summed E-state index contributed by atoms with van der Waals surface area (Å²) in [5, 5.41) is 0. The molecule has 0 aromatic carbocycles. The van der Waals surface area contributed by atoms with E-state index < -0.39 is 15.3 Å². The van der Waals surface area contributed by atoms with Crippen molar-refractivity contribution in [2.45, 2.75) is 0 Å². The Balaban J connectivity index is -0.0000000200. The maximum absolute atomic E-state index is 8.50. The predicted octanol–water partition coefficient (Wildman–Crippen LogP) is -0.740. The summed E-state index contributed by atoms with van der Waals surface area (Å²) in [6, 6.07) is 0. The zero-order valence-corrected chi connectivity index (χ0v) is 5.28. The zero-order valence-electron chi connectivity index (χ0n) is 2.08. The molecule has 0 bridgehead atoms. The minimum atomic E-state index is -2.00. The van der Waals surface area contributed by atoms with Gasteiger partial charge in [0.15, 0.2) is 0 Å². The van der Waals surface area contributed by atoms with Crippen molar-refractivity contribution in [1.29, 1.82) is 0 Å². The van der Waals surface area contributed by atoms with Crippen molar-refractivity contribution in [3.8, 4) is 0 Å². The van der Waals surface area contributed by atoms with Crippen LogP contribution in [0.15, 0.2) is 0 Å². The Labute approximate surface area is 45.8 Å². The summed E-state index contributed by atoms with van der Waals surface area (Å²) in [7, 11) is 0. The van der Waals surface area contributed by atoms with Crippen LogP contribution in [0, 0.1) is 0 Å². The Morgan fingerprint density at radius 3 is 1.20 bits per heavy atom. The van der Waals surface area contributed by atoms with E-state index in [2.05, 4.69) is 0 Å². The molecular formula is FeGeO3. The quantitative estimate of drug-likeness (QED) is 0.457. The van der Waals surface area contributed by atoms with E-state index in [-0.39, 0.29) is 22.5 Å². The molecule has 0 spiro atoms. The van der Waals surface area contributed by atoms with Gasteiger partial charge >= 0.3 is 39.9 Å². The number of hydrogen-bond acceptors (Lipinski definition) is 2. The molecule has 0 unspecified atom stereocenters. The van der Waals surface area contributed by atoms with Gasteiger partial charge in [0.25, 0.3) is 0 Å². The van der Waals surface area contributed by atoms with Crippen LogP contribution in [0.2, 0.25) is 0 Å². The molecule has 0 fully saturated rings. The molecule has 0 saturated carbocycles. The van der Waals surface area contributed by atoms with Gasteiger partial charge in [-0.2, -0.15) is 0 Å². The van der Waals surface area contributed by atoms with Crippen molar-refractivity contribution in [3.63, 3.8) is 0 Å². The van der Waals surface area contributed by atoms with Crippen LogP contribution in [0.25, 0.3) is 0 Å². The van der Waals surface area contributed by atoms with Gasteiger partial charge in [0.05, 0.1) is 0 Å². The molecule has 0 radical (unpaired) electrons. The third-order valence-corrected chi connectivity index (χ3v) is 0. The van der Waals surface area contributed by atoms with Crippen LogP contribution in [0.4, 0.5) is 0 Å². The van der Waals surface area contributed by atoms with E-state index in [1.807, 2.05) is 0 Å². The van der Waals surface area contributed by atoms with Gasteiger partial charge in [-0.1, -0.05) is 0 Å². The molecule has 0 aliphatic rings. The normalized spacial score (nSPS) is 1.60. The average Bonchev–Trinajstić information content (AvgIpc) is 0.918. The van der Waals surface area contributed by atoms with Crippen LogP contribution in [-0.4, -0.2) is 15.3 Å². The zero-order chi connectivity index (χ0) is 2.71. The van der Waals surface area contributed by atoms with E-state index >= 15 is 0 Å². The fraction of sp³-hybridized carbons (Fsp3) is 0. The summed E-state index contributed by atoms with van der Waals surface area (Å²) in [6.45, 7) is 0. The molecule has 0 aliphatic heterocycles. The topological polar surface area (TPSA) is 62.6 Å². The van der Waals surface area contributed by atoms with E-state index in [4.69, 9.17) is 7.56 Å². The van der Waals surface area contributed by atoms with E-state index in [0.29, 0.717) is 0 Å². The van der Waals surface area contributed by atoms with Gasteiger partial charge in [-0.3, -0.25) is 0 Å². The van der Waals surface area contributed by atoms with Gasteiger partial charge in [-0.25, -0.2) is 0 Å². The number of hydrogen-bond donors (Lipinski definition) is 0. The fourth-order valence-electron chi connectivity index (χ4n) is 0. The molecule has 0 aromatic heterocycles. The second kappa shape index (κ2) is 23.0. The van der Waals surface area contributed by atoms with Crippen LogP contribution in [0.1, 0.15) is 0 Å². The van der Waals surface area contributed by atoms with Crippen molar-refractivity contribution in [2.24, 2.45) is 0 Å². The second-order valence-corrected chi connectivity index (χ2v) is 0.433. The van der Waals surface area contributed by atoms with Crippen LogP contribution in [0.3, 0.4) is 0 Å². The first kappa shape index (κ1) is 17.5. The second-order valence-electron chi connectivity index (χ2n) is 0.0833. The first-order valence-electron chi connectivity index (χ1n) is 0.408. The molecule has 5 heavy (non-hydrogen) atoms. The van der Waals surface area contributed by atoms with Crippen molar-refractivity contribution >= 4 is 15.3 Å². The van der Waals surface area contributed by atoms with Gasteiger partial charge < -0.3 is 5.48 Å². The van der Waals surface area contributed by atoms with Crippen molar-refractivity contribution in [2.75, 3.05) is 0 Å². The third-order valence-electron chi connectivity index (χ3n) is 0. The van der Waals surface area contributed by atoms with Gasteiger partial charge in [0.2, 0.25) is 0 Å².